The Kier molecular flexibility index (Phi) is 5.00. The Morgan fingerprint density at radius 3 is 2.64 bits per heavy atom. The second-order valence-corrected chi connectivity index (χ2v) is 7.15. The number of thiophene rings is 1. The van der Waals surface area contributed by atoms with E-state index in [1.54, 1.807) is 12.1 Å². The fourth-order valence-electron chi connectivity index (χ4n) is 1.83. The topological polar surface area (TPSA) is 111 Å². The van der Waals surface area contributed by atoms with Crippen LogP contribution in [0, 0.1) is 10.1 Å². The zero-order chi connectivity index (χ0) is 17.8. The number of nitro groups is 1. The van der Waals surface area contributed by atoms with Crippen LogP contribution in [0.25, 0.3) is 16.8 Å². The lowest BCUT2D eigenvalue weighted by Gasteiger charge is -1.95. The van der Waals surface area contributed by atoms with E-state index in [2.05, 4.69) is 31.4 Å². The molecule has 10 heteroatoms. The van der Waals surface area contributed by atoms with Gasteiger partial charge < -0.3 is 4.42 Å². The van der Waals surface area contributed by atoms with Gasteiger partial charge in [-0.15, -0.1) is 16.4 Å². The average Bonchev–Trinajstić information content (AvgIpc) is 3.22. The molecule has 8 nitrogen and oxygen atoms in total. The highest BCUT2D eigenvalue weighted by Gasteiger charge is 2.11. The molecule has 1 N–H and O–H groups in total. The summed E-state index contributed by atoms with van der Waals surface area (Å²) in [6.07, 6.45) is 2.79. The SMILES string of the molecule is O=C(/C=C\c1ccc([N+](=O)[O-])cc1)Nc1nnc(-c2ccc(Br)s2)o1. The zero-order valence-electron chi connectivity index (χ0n) is 12.4. The Morgan fingerprint density at radius 2 is 2.00 bits per heavy atom. The highest BCUT2D eigenvalue weighted by atomic mass is 79.9. The molecule has 0 saturated heterocycles. The molecule has 3 rings (SSSR count). The molecule has 0 fully saturated rings. The van der Waals surface area contributed by atoms with Crippen molar-refractivity contribution in [3.8, 4) is 10.8 Å². The lowest BCUT2D eigenvalue weighted by Crippen LogP contribution is -2.07. The van der Waals surface area contributed by atoms with Crippen LogP contribution in [0.5, 0.6) is 0 Å². The summed E-state index contributed by atoms with van der Waals surface area (Å²) >= 11 is 4.77. The first-order valence-electron chi connectivity index (χ1n) is 6.84. The molecule has 3 aromatic rings. The third kappa shape index (κ3) is 4.37. The summed E-state index contributed by atoms with van der Waals surface area (Å²) in [5.41, 5.74) is 0.635. The number of rotatable bonds is 5. The molecule has 1 aromatic carbocycles. The largest absolute Gasteiger partial charge is 0.402 e. The summed E-state index contributed by atoms with van der Waals surface area (Å²) in [5, 5.41) is 20.7. The number of carbonyl (C=O) groups excluding carboxylic acids is 1. The van der Waals surface area contributed by atoms with E-state index in [0.717, 1.165) is 8.66 Å². The van der Waals surface area contributed by atoms with E-state index in [1.165, 1.54) is 35.6 Å². The van der Waals surface area contributed by atoms with Gasteiger partial charge in [0.05, 0.1) is 13.6 Å². The number of carbonyl (C=O) groups is 1. The number of aromatic nitrogens is 2. The van der Waals surface area contributed by atoms with Crippen molar-refractivity contribution in [2.75, 3.05) is 5.32 Å². The molecule has 126 valence electrons. The summed E-state index contributed by atoms with van der Waals surface area (Å²) < 4.78 is 6.30. The summed E-state index contributed by atoms with van der Waals surface area (Å²) in [5.74, 6) is -0.147. The molecule has 0 bridgehead atoms. The van der Waals surface area contributed by atoms with Crippen LogP contribution in [0.15, 0.2) is 50.7 Å². The number of nitrogens with one attached hydrogen (secondary N) is 1. The molecule has 0 radical (unpaired) electrons. The molecular formula is C15H9BrN4O4S. The molecular weight excluding hydrogens is 412 g/mol. The number of halogens is 1. The smallest absolute Gasteiger partial charge is 0.322 e. The van der Waals surface area contributed by atoms with Gasteiger partial charge >= 0.3 is 6.01 Å². The summed E-state index contributed by atoms with van der Waals surface area (Å²) in [6.45, 7) is 0. The van der Waals surface area contributed by atoms with Crippen LogP contribution in [0.1, 0.15) is 5.56 Å². The minimum Gasteiger partial charge on any atom is -0.402 e. The first-order chi connectivity index (χ1) is 12.0. The van der Waals surface area contributed by atoms with E-state index in [4.69, 9.17) is 4.42 Å². The highest BCUT2D eigenvalue weighted by Crippen LogP contribution is 2.30. The van der Waals surface area contributed by atoms with Crippen molar-refractivity contribution >= 4 is 51.0 Å². The van der Waals surface area contributed by atoms with Gasteiger partial charge in [0, 0.05) is 18.2 Å². The maximum absolute atomic E-state index is 11.9. The Bertz CT molecular complexity index is 949. The van der Waals surface area contributed by atoms with Crippen molar-refractivity contribution in [2.24, 2.45) is 0 Å². The van der Waals surface area contributed by atoms with Gasteiger partial charge in [0.1, 0.15) is 0 Å². The molecule has 0 aliphatic heterocycles. The van der Waals surface area contributed by atoms with Crippen molar-refractivity contribution in [1.29, 1.82) is 0 Å². The lowest BCUT2D eigenvalue weighted by molar-refractivity contribution is -0.384. The fraction of sp³-hybridized carbons (Fsp3) is 0. The minimum atomic E-state index is -0.487. The number of benzene rings is 1. The molecule has 2 aromatic heterocycles. The van der Waals surface area contributed by atoms with Crippen molar-refractivity contribution in [3.05, 3.63) is 61.9 Å². The fourth-order valence-corrected chi connectivity index (χ4v) is 3.14. The third-order valence-electron chi connectivity index (χ3n) is 2.97. The Morgan fingerprint density at radius 1 is 1.24 bits per heavy atom. The van der Waals surface area contributed by atoms with Gasteiger partial charge in [-0.1, -0.05) is 5.10 Å². The third-order valence-corrected chi connectivity index (χ3v) is 4.58. The molecule has 0 unspecified atom stereocenters. The van der Waals surface area contributed by atoms with E-state index < -0.39 is 10.8 Å². The maximum Gasteiger partial charge on any atom is 0.322 e. The number of anilines is 1. The van der Waals surface area contributed by atoms with Crippen molar-refractivity contribution in [3.63, 3.8) is 0 Å². The molecule has 0 atom stereocenters. The predicted molar refractivity (Wildman–Crippen MR) is 96.1 cm³/mol. The molecule has 0 spiro atoms. The van der Waals surface area contributed by atoms with Crippen molar-refractivity contribution in [2.45, 2.75) is 0 Å². The van der Waals surface area contributed by atoms with E-state index in [-0.39, 0.29) is 11.7 Å². The van der Waals surface area contributed by atoms with Gasteiger partial charge in [0.25, 0.3) is 17.5 Å². The molecule has 25 heavy (non-hydrogen) atoms. The number of non-ortho nitro benzene ring substituents is 1. The van der Waals surface area contributed by atoms with Gasteiger partial charge in [0.15, 0.2) is 0 Å². The molecule has 0 aliphatic rings. The summed E-state index contributed by atoms with van der Waals surface area (Å²) in [4.78, 5) is 22.7. The molecule has 2 heterocycles. The van der Waals surface area contributed by atoms with E-state index >= 15 is 0 Å². The van der Waals surface area contributed by atoms with Crippen LogP contribution >= 0.6 is 27.3 Å². The van der Waals surface area contributed by atoms with Crippen LogP contribution < -0.4 is 5.32 Å². The van der Waals surface area contributed by atoms with Crippen LogP contribution in [0.4, 0.5) is 11.7 Å². The van der Waals surface area contributed by atoms with E-state index in [1.807, 2.05) is 12.1 Å². The molecule has 0 saturated carbocycles. The predicted octanol–water partition coefficient (Wildman–Crippen LogP) is 4.12. The van der Waals surface area contributed by atoms with Crippen molar-refractivity contribution in [1.82, 2.24) is 10.2 Å². The van der Waals surface area contributed by atoms with Crippen LogP contribution in [-0.4, -0.2) is 21.0 Å². The Hall–Kier alpha value is -2.85. The number of nitro benzene ring substituents is 1. The molecule has 0 aliphatic carbocycles. The van der Waals surface area contributed by atoms with E-state index in [0.29, 0.717) is 11.5 Å². The monoisotopic (exact) mass is 420 g/mol. The van der Waals surface area contributed by atoms with Crippen LogP contribution in [-0.2, 0) is 4.79 Å². The standard InChI is InChI=1S/C15H9BrN4O4S/c16-12-7-6-11(25-12)14-18-19-15(24-14)17-13(21)8-3-9-1-4-10(5-2-9)20(22)23/h1-8H,(H,17,19,21)/b8-3-. The lowest BCUT2D eigenvalue weighted by atomic mass is 10.2. The summed E-state index contributed by atoms with van der Waals surface area (Å²) in [7, 11) is 0. The van der Waals surface area contributed by atoms with Crippen LogP contribution in [0.2, 0.25) is 0 Å². The van der Waals surface area contributed by atoms with Crippen LogP contribution in [0.3, 0.4) is 0 Å². The Labute approximate surface area is 153 Å². The normalized spacial score (nSPS) is 10.9. The quantitative estimate of drug-likeness (QED) is 0.377. The first-order valence-corrected chi connectivity index (χ1v) is 8.45. The van der Waals surface area contributed by atoms with Gasteiger partial charge in [-0.2, -0.15) is 0 Å². The van der Waals surface area contributed by atoms with Crippen molar-refractivity contribution < 1.29 is 14.1 Å². The van der Waals surface area contributed by atoms with Gasteiger partial charge in [-0.25, -0.2) is 0 Å². The number of amides is 1. The highest BCUT2D eigenvalue weighted by molar-refractivity contribution is 9.11. The second kappa shape index (κ2) is 7.36. The molecule has 1 amide bonds. The number of hydrogen-bond donors (Lipinski definition) is 1. The average molecular weight is 421 g/mol. The van der Waals surface area contributed by atoms with Gasteiger partial charge in [-0.3, -0.25) is 20.2 Å². The zero-order valence-corrected chi connectivity index (χ0v) is 14.8. The Balaban J connectivity index is 1.62. The van der Waals surface area contributed by atoms with Gasteiger partial charge in [-0.05, 0) is 51.8 Å². The minimum absolute atomic E-state index is 0.0137. The van der Waals surface area contributed by atoms with E-state index in [9.17, 15) is 14.9 Å². The second-order valence-electron chi connectivity index (χ2n) is 4.69. The number of nitrogens with zero attached hydrogens (tertiary/aromatic N) is 3. The summed E-state index contributed by atoms with van der Waals surface area (Å²) in [6, 6.07) is 9.47. The first kappa shape index (κ1) is 17.0. The number of hydrogen-bond acceptors (Lipinski definition) is 7. The van der Waals surface area contributed by atoms with Gasteiger partial charge in [0.2, 0.25) is 0 Å². The maximum atomic E-state index is 11.9.